The van der Waals surface area contributed by atoms with E-state index in [1.807, 2.05) is 30.3 Å². The van der Waals surface area contributed by atoms with Gasteiger partial charge < -0.3 is 9.05 Å². The zero-order valence-corrected chi connectivity index (χ0v) is 13.3. The second-order valence-corrected chi connectivity index (χ2v) is 7.30. The molecule has 1 aromatic carbocycles. The van der Waals surface area contributed by atoms with Crippen molar-refractivity contribution in [1.29, 1.82) is 0 Å². The maximum absolute atomic E-state index is 12.1. The number of aromatic nitrogens is 3. The number of hydrogen-bond acceptors (Lipinski definition) is 7. The fraction of sp³-hybridized carbons (Fsp3) is 0.267. The maximum Gasteiger partial charge on any atom is 0.241 e. The SMILES string of the molecule is Cc1cc(CS(=O)(=O)Cc2nc(Cc3ccccc3)no2)on1. The molecule has 0 fully saturated rings. The molecule has 0 bridgehead atoms. The summed E-state index contributed by atoms with van der Waals surface area (Å²) in [5.41, 5.74) is 1.66. The average molecular weight is 333 g/mol. The second kappa shape index (κ2) is 6.33. The van der Waals surface area contributed by atoms with Crippen molar-refractivity contribution in [2.24, 2.45) is 0 Å². The number of nitrogens with zero attached hydrogens (tertiary/aromatic N) is 3. The molecule has 0 spiro atoms. The minimum atomic E-state index is -3.46. The van der Waals surface area contributed by atoms with Crippen molar-refractivity contribution >= 4 is 9.84 Å². The van der Waals surface area contributed by atoms with Crippen LogP contribution in [0.2, 0.25) is 0 Å². The normalized spacial score (nSPS) is 11.7. The molecule has 2 heterocycles. The molecule has 0 radical (unpaired) electrons. The first-order valence-electron chi connectivity index (χ1n) is 6.98. The fourth-order valence-corrected chi connectivity index (χ4v) is 3.30. The summed E-state index contributed by atoms with van der Waals surface area (Å²) in [4.78, 5) is 4.13. The highest BCUT2D eigenvalue weighted by molar-refractivity contribution is 7.89. The van der Waals surface area contributed by atoms with Gasteiger partial charge in [0, 0.05) is 12.5 Å². The van der Waals surface area contributed by atoms with Gasteiger partial charge in [0.25, 0.3) is 0 Å². The van der Waals surface area contributed by atoms with Crippen LogP contribution in [0.15, 0.2) is 45.4 Å². The predicted octanol–water partition coefficient (Wildman–Crippen LogP) is 2.07. The Balaban J connectivity index is 1.66. The maximum atomic E-state index is 12.1. The molecule has 3 aromatic rings. The summed E-state index contributed by atoms with van der Waals surface area (Å²) in [6.07, 6.45) is 0.492. The summed E-state index contributed by atoms with van der Waals surface area (Å²) >= 11 is 0. The molecule has 2 aromatic heterocycles. The van der Waals surface area contributed by atoms with Gasteiger partial charge in [-0.15, -0.1) is 0 Å². The van der Waals surface area contributed by atoms with Gasteiger partial charge in [-0.25, -0.2) is 8.42 Å². The van der Waals surface area contributed by atoms with Crippen LogP contribution in [-0.2, 0) is 27.8 Å². The zero-order chi connectivity index (χ0) is 16.3. The van der Waals surface area contributed by atoms with Crippen LogP contribution in [-0.4, -0.2) is 23.7 Å². The van der Waals surface area contributed by atoms with Crippen LogP contribution < -0.4 is 0 Å². The lowest BCUT2D eigenvalue weighted by Crippen LogP contribution is -2.07. The molecule has 0 amide bonds. The highest BCUT2D eigenvalue weighted by atomic mass is 32.2. The highest BCUT2D eigenvalue weighted by Gasteiger charge is 2.20. The van der Waals surface area contributed by atoms with Gasteiger partial charge in [0.1, 0.15) is 11.5 Å². The fourth-order valence-electron chi connectivity index (χ4n) is 2.14. The van der Waals surface area contributed by atoms with Gasteiger partial charge in [0.15, 0.2) is 21.4 Å². The molecule has 0 saturated heterocycles. The largest absolute Gasteiger partial charge is 0.360 e. The van der Waals surface area contributed by atoms with Crippen molar-refractivity contribution in [2.45, 2.75) is 24.9 Å². The van der Waals surface area contributed by atoms with E-state index in [0.717, 1.165) is 5.56 Å². The number of benzene rings is 1. The van der Waals surface area contributed by atoms with Gasteiger partial charge in [0.05, 0.1) is 5.69 Å². The first kappa shape index (κ1) is 15.4. The Bertz CT molecular complexity index is 884. The van der Waals surface area contributed by atoms with E-state index in [9.17, 15) is 8.42 Å². The van der Waals surface area contributed by atoms with E-state index in [0.29, 0.717) is 23.7 Å². The van der Waals surface area contributed by atoms with Crippen molar-refractivity contribution in [3.05, 3.63) is 65.1 Å². The Labute approximate surface area is 133 Å². The van der Waals surface area contributed by atoms with E-state index in [1.165, 1.54) is 0 Å². The predicted molar refractivity (Wildman–Crippen MR) is 81.1 cm³/mol. The minimum absolute atomic E-state index is 0.0761. The Kier molecular flexibility index (Phi) is 4.24. The monoisotopic (exact) mass is 333 g/mol. The quantitative estimate of drug-likeness (QED) is 0.681. The molecule has 0 N–H and O–H groups in total. The second-order valence-electron chi connectivity index (χ2n) is 5.23. The topological polar surface area (TPSA) is 99.1 Å². The number of hydrogen-bond donors (Lipinski definition) is 0. The van der Waals surface area contributed by atoms with Crippen LogP contribution >= 0.6 is 0 Å². The molecule has 0 saturated carbocycles. The third-order valence-electron chi connectivity index (χ3n) is 3.10. The average Bonchev–Trinajstić information content (AvgIpc) is 3.08. The number of sulfone groups is 1. The molecule has 7 nitrogen and oxygen atoms in total. The van der Waals surface area contributed by atoms with Crippen LogP contribution in [0.25, 0.3) is 0 Å². The van der Waals surface area contributed by atoms with E-state index in [-0.39, 0.29) is 17.4 Å². The van der Waals surface area contributed by atoms with E-state index < -0.39 is 9.84 Å². The van der Waals surface area contributed by atoms with Crippen molar-refractivity contribution in [3.63, 3.8) is 0 Å². The summed E-state index contributed by atoms with van der Waals surface area (Å²) in [6, 6.07) is 11.2. The lowest BCUT2D eigenvalue weighted by molar-refractivity contribution is 0.380. The molecule has 8 heteroatoms. The van der Waals surface area contributed by atoms with Crippen molar-refractivity contribution < 1.29 is 17.5 Å². The summed E-state index contributed by atoms with van der Waals surface area (Å²) in [5.74, 6) is 0.259. The molecule has 0 unspecified atom stereocenters. The van der Waals surface area contributed by atoms with Crippen molar-refractivity contribution in [2.75, 3.05) is 0 Å². The smallest absolute Gasteiger partial charge is 0.241 e. The Morgan fingerprint density at radius 1 is 1.04 bits per heavy atom. The molecule has 3 rings (SSSR count). The van der Waals surface area contributed by atoms with Crippen LogP contribution in [0.1, 0.15) is 28.7 Å². The number of aryl methyl sites for hydroxylation is 1. The highest BCUT2D eigenvalue weighted by Crippen LogP contribution is 2.13. The lowest BCUT2D eigenvalue weighted by atomic mass is 10.1. The lowest BCUT2D eigenvalue weighted by Gasteiger charge is -1.97. The van der Waals surface area contributed by atoms with Gasteiger partial charge in [0.2, 0.25) is 5.89 Å². The molecule has 23 heavy (non-hydrogen) atoms. The molecular formula is C15H15N3O4S. The first-order chi connectivity index (χ1) is 11.0. The Morgan fingerprint density at radius 3 is 2.52 bits per heavy atom. The molecular weight excluding hydrogens is 318 g/mol. The molecule has 0 aliphatic rings. The third kappa shape index (κ3) is 4.26. The van der Waals surface area contributed by atoms with Gasteiger partial charge >= 0.3 is 0 Å². The number of rotatable bonds is 6. The summed E-state index contributed by atoms with van der Waals surface area (Å²) in [7, 11) is -3.46. The van der Waals surface area contributed by atoms with Gasteiger partial charge in [-0.3, -0.25) is 0 Å². The van der Waals surface area contributed by atoms with Crippen molar-refractivity contribution in [1.82, 2.24) is 15.3 Å². The van der Waals surface area contributed by atoms with Gasteiger partial charge in [-0.05, 0) is 12.5 Å². The Hall–Kier alpha value is -2.48. The van der Waals surface area contributed by atoms with Gasteiger partial charge in [-0.2, -0.15) is 4.98 Å². The van der Waals surface area contributed by atoms with E-state index >= 15 is 0 Å². The Morgan fingerprint density at radius 2 is 1.83 bits per heavy atom. The standard InChI is InChI=1S/C15H15N3O4S/c1-11-7-13(21-17-11)9-23(19,20)10-15-16-14(18-22-15)8-12-5-3-2-4-6-12/h2-7H,8-10H2,1H3. The van der Waals surface area contributed by atoms with Crippen LogP contribution in [0, 0.1) is 6.92 Å². The zero-order valence-electron chi connectivity index (χ0n) is 12.5. The van der Waals surface area contributed by atoms with Crippen LogP contribution in [0.4, 0.5) is 0 Å². The van der Waals surface area contributed by atoms with E-state index in [1.54, 1.807) is 13.0 Å². The van der Waals surface area contributed by atoms with E-state index in [4.69, 9.17) is 9.05 Å². The van der Waals surface area contributed by atoms with Crippen LogP contribution in [0.3, 0.4) is 0 Å². The summed E-state index contributed by atoms with van der Waals surface area (Å²) in [5, 5.41) is 7.49. The van der Waals surface area contributed by atoms with Crippen molar-refractivity contribution in [3.8, 4) is 0 Å². The molecule has 0 aliphatic heterocycles. The van der Waals surface area contributed by atoms with Crippen LogP contribution in [0.5, 0.6) is 0 Å². The minimum Gasteiger partial charge on any atom is -0.360 e. The molecule has 0 atom stereocenters. The first-order valence-corrected chi connectivity index (χ1v) is 8.80. The molecule has 0 aliphatic carbocycles. The molecule has 120 valence electrons. The van der Waals surface area contributed by atoms with E-state index in [2.05, 4.69) is 15.3 Å². The third-order valence-corrected chi connectivity index (χ3v) is 4.51. The van der Waals surface area contributed by atoms with Gasteiger partial charge in [-0.1, -0.05) is 40.6 Å². The summed E-state index contributed by atoms with van der Waals surface area (Å²) < 4.78 is 34.2. The summed E-state index contributed by atoms with van der Waals surface area (Å²) in [6.45, 7) is 1.73.